The maximum absolute atomic E-state index is 13.2. The van der Waals surface area contributed by atoms with E-state index in [0.717, 1.165) is 46.6 Å². The Morgan fingerprint density at radius 3 is 2.63 bits per heavy atom. The summed E-state index contributed by atoms with van der Waals surface area (Å²) in [5, 5.41) is 3.07. The lowest BCUT2D eigenvalue weighted by molar-refractivity contribution is -0.123. The third kappa shape index (κ3) is 4.26. The number of nitrogens with one attached hydrogen (secondary N) is 2. The van der Waals surface area contributed by atoms with Gasteiger partial charge in [-0.05, 0) is 49.7 Å². The van der Waals surface area contributed by atoms with Crippen LogP contribution in [0.15, 0.2) is 54.9 Å². The van der Waals surface area contributed by atoms with Crippen molar-refractivity contribution in [2.75, 3.05) is 13.6 Å². The number of fused-ring (bicyclic) bond motifs is 1. The lowest BCUT2D eigenvalue weighted by atomic mass is 9.81. The van der Waals surface area contributed by atoms with Crippen LogP contribution in [0.25, 0.3) is 11.3 Å². The van der Waals surface area contributed by atoms with Gasteiger partial charge in [0.25, 0.3) is 0 Å². The number of nitrogens with zero attached hydrogens (tertiary/aromatic N) is 1. The molecule has 1 aromatic carbocycles. The minimum absolute atomic E-state index is 0.0747. The molecule has 1 aliphatic carbocycles. The molecule has 3 aromatic rings. The quantitative estimate of drug-likeness (QED) is 0.560. The number of hydrogen-bond donors (Lipinski definition) is 2. The fourth-order valence-electron chi connectivity index (χ4n) is 4.34. The molecule has 0 saturated heterocycles. The molecule has 0 fully saturated rings. The second-order valence-corrected chi connectivity index (χ2v) is 7.93. The maximum atomic E-state index is 13.2. The van der Waals surface area contributed by atoms with E-state index in [2.05, 4.69) is 27.4 Å². The van der Waals surface area contributed by atoms with Crippen LogP contribution in [0.3, 0.4) is 0 Å². The Kier molecular flexibility index (Phi) is 6.19. The number of Topliss-reactive ketones (excluding diaryl/α,β-unsaturated/α-hetero) is 2. The van der Waals surface area contributed by atoms with Gasteiger partial charge < -0.3 is 10.3 Å². The Morgan fingerprint density at radius 1 is 1.13 bits per heavy atom. The lowest BCUT2D eigenvalue weighted by Gasteiger charge is -2.21. The third-order valence-corrected chi connectivity index (χ3v) is 5.84. The number of H-pyrrole nitrogens is 1. The van der Waals surface area contributed by atoms with Crippen molar-refractivity contribution < 1.29 is 9.59 Å². The topological polar surface area (TPSA) is 74.8 Å². The van der Waals surface area contributed by atoms with Gasteiger partial charge in [-0.15, -0.1) is 0 Å². The van der Waals surface area contributed by atoms with E-state index < -0.39 is 0 Å². The summed E-state index contributed by atoms with van der Waals surface area (Å²) in [4.78, 5) is 33.5. The van der Waals surface area contributed by atoms with E-state index in [1.807, 2.05) is 37.4 Å². The number of pyridine rings is 1. The molecule has 154 valence electrons. The van der Waals surface area contributed by atoms with E-state index in [1.165, 1.54) is 0 Å². The predicted molar refractivity (Wildman–Crippen MR) is 118 cm³/mol. The van der Waals surface area contributed by atoms with Gasteiger partial charge in [-0.25, -0.2) is 0 Å². The van der Waals surface area contributed by atoms with Crippen molar-refractivity contribution in [2.24, 2.45) is 5.92 Å². The minimum atomic E-state index is -0.227. The maximum Gasteiger partial charge on any atom is 0.165 e. The van der Waals surface area contributed by atoms with Crippen molar-refractivity contribution >= 4 is 11.6 Å². The molecule has 0 bridgehead atoms. The number of carbonyl (C=O) groups excluding carboxylic acids is 2. The molecular formula is C25H27N3O2. The van der Waals surface area contributed by atoms with Crippen LogP contribution in [0.5, 0.6) is 0 Å². The van der Waals surface area contributed by atoms with Gasteiger partial charge in [-0.1, -0.05) is 30.3 Å². The summed E-state index contributed by atoms with van der Waals surface area (Å²) in [6.45, 7) is 0.813. The average molecular weight is 402 g/mol. The van der Waals surface area contributed by atoms with E-state index in [4.69, 9.17) is 0 Å². The van der Waals surface area contributed by atoms with Crippen molar-refractivity contribution in [1.29, 1.82) is 0 Å². The SMILES string of the molecule is CNCCCC(=O)C1CC(=O)c2c([nH]c(-c3ccncc3)c2Cc2ccccc2)C1. The highest BCUT2D eigenvalue weighted by atomic mass is 16.1. The van der Waals surface area contributed by atoms with Crippen LogP contribution in [0.1, 0.15) is 46.4 Å². The second-order valence-electron chi connectivity index (χ2n) is 7.93. The van der Waals surface area contributed by atoms with Gasteiger partial charge in [-0.3, -0.25) is 14.6 Å². The first kappa shape index (κ1) is 20.2. The Bertz CT molecular complexity index is 1030. The third-order valence-electron chi connectivity index (χ3n) is 5.84. The first-order chi connectivity index (χ1) is 14.7. The number of aromatic amines is 1. The molecule has 0 radical (unpaired) electrons. The molecule has 2 N–H and O–H groups in total. The minimum Gasteiger partial charge on any atom is -0.358 e. The van der Waals surface area contributed by atoms with E-state index in [0.29, 0.717) is 25.7 Å². The highest BCUT2D eigenvalue weighted by Crippen LogP contribution is 2.36. The number of hydrogen-bond acceptors (Lipinski definition) is 4. The van der Waals surface area contributed by atoms with Crippen molar-refractivity contribution in [2.45, 2.75) is 32.1 Å². The molecule has 30 heavy (non-hydrogen) atoms. The Balaban J connectivity index is 1.69. The molecule has 1 aliphatic rings. The Hall–Kier alpha value is -3.05. The molecular weight excluding hydrogens is 374 g/mol. The second kappa shape index (κ2) is 9.18. The summed E-state index contributed by atoms with van der Waals surface area (Å²) in [6.07, 6.45) is 6.43. The van der Waals surface area contributed by atoms with E-state index in [1.54, 1.807) is 12.4 Å². The van der Waals surface area contributed by atoms with Crippen molar-refractivity contribution in [3.63, 3.8) is 0 Å². The predicted octanol–water partition coefficient (Wildman–Crippen LogP) is 3.98. The molecule has 2 aromatic heterocycles. The van der Waals surface area contributed by atoms with Gasteiger partial charge in [0, 0.05) is 54.4 Å². The van der Waals surface area contributed by atoms with Crippen LogP contribution >= 0.6 is 0 Å². The van der Waals surface area contributed by atoms with Crippen molar-refractivity contribution in [3.05, 3.63) is 77.2 Å². The first-order valence-corrected chi connectivity index (χ1v) is 10.6. The van der Waals surface area contributed by atoms with Crippen molar-refractivity contribution in [1.82, 2.24) is 15.3 Å². The fourth-order valence-corrected chi connectivity index (χ4v) is 4.34. The monoisotopic (exact) mass is 401 g/mol. The normalized spacial score (nSPS) is 15.8. The summed E-state index contributed by atoms with van der Waals surface area (Å²) in [5.74, 6) is 0.0370. The van der Waals surface area contributed by atoms with Crippen LogP contribution in [-0.4, -0.2) is 35.1 Å². The number of carbonyl (C=O) groups is 2. The average Bonchev–Trinajstić information content (AvgIpc) is 3.14. The number of benzene rings is 1. The summed E-state index contributed by atoms with van der Waals surface area (Å²) in [7, 11) is 1.88. The van der Waals surface area contributed by atoms with Crippen LogP contribution in [0.4, 0.5) is 0 Å². The lowest BCUT2D eigenvalue weighted by Crippen LogP contribution is -2.27. The van der Waals surface area contributed by atoms with Crippen molar-refractivity contribution in [3.8, 4) is 11.3 Å². The molecule has 5 heteroatoms. The molecule has 2 heterocycles. The van der Waals surface area contributed by atoms with E-state index in [9.17, 15) is 9.59 Å². The zero-order chi connectivity index (χ0) is 20.9. The molecule has 1 unspecified atom stereocenters. The highest BCUT2D eigenvalue weighted by molar-refractivity contribution is 6.04. The zero-order valence-corrected chi connectivity index (χ0v) is 17.3. The first-order valence-electron chi connectivity index (χ1n) is 10.6. The smallest absolute Gasteiger partial charge is 0.165 e. The number of rotatable bonds is 8. The summed E-state index contributed by atoms with van der Waals surface area (Å²) in [5.41, 5.74) is 5.83. The molecule has 0 spiro atoms. The van der Waals surface area contributed by atoms with E-state index >= 15 is 0 Å². The van der Waals surface area contributed by atoms with Gasteiger partial charge in [0.05, 0.1) is 5.69 Å². The van der Waals surface area contributed by atoms with Gasteiger partial charge >= 0.3 is 0 Å². The van der Waals surface area contributed by atoms with Gasteiger partial charge in [-0.2, -0.15) is 0 Å². The van der Waals surface area contributed by atoms with E-state index in [-0.39, 0.29) is 17.5 Å². The molecule has 0 amide bonds. The number of aromatic nitrogens is 2. The van der Waals surface area contributed by atoms with Crippen LogP contribution in [-0.2, 0) is 17.6 Å². The summed E-state index contributed by atoms with van der Waals surface area (Å²) in [6, 6.07) is 14.1. The van der Waals surface area contributed by atoms with Crippen LogP contribution < -0.4 is 5.32 Å². The van der Waals surface area contributed by atoms with Gasteiger partial charge in [0.15, 0.2) is 5.78 Å². The fraction of sp³-hybridized carbons (Fsp3) is 0.320. The number of ketones is 2. The summed E-state index contributed by atoms with van der Waals surface area (Å²) >= 11 is 0. The molecule has 0 aliphatic heterocycles. The van der Waals surface area contributed by atoms with Crippen LogP contribution in [0.2, 0.25) is 0 Å². The zero-order valence-electron chi connectivity index (χ0n) is 17.3. The Labute approximate surface area is 176 Å². The molecule has 5 nitrogen and oxygen atoms in total. The standard InChI is InChI=1S/C25H27N3O2/c1-26-11-5-8-22(29)19-15-21-24(23(30)16-19)20(14-17-6-3-2-4-7-17)25(28-21)18-9-12-27-13-10-18/h2-4,6-7,9-10,12-13,19,26,28H,5,8,11,14-16H2,1H3. The van der Waals surface area contributed by atoms with Gasteiger partial charge in [0.2, 0.25) is 0 Å². The molecule has 0 saturated carbocycles. The van der Waals surface area contributed by atoms with Crippen LogP contribution in [0, 0.1) is 5.92 Å². The summed E-state index contributed by atoms with van der Waals surface area (Å²) < 4.78 is 0. The Morgan fingerprint density at radius 2 is 1.90 bits per heavy atom. The van der Waals surface area contributed by atoms with Gasteiger partial charge in [0.1, 0.15) is 5.78 Å². The largest absolute Gasteiger partial charge is 0.358 e. The highest BCUT2D eigenvalue weighted by Gasteiger charge is 2.34. The molecule has 4 rings (SSSR count). The molecule has 1 atom stereocenters.